The molecular formula is C15H26O. The van der Waals surface area contributed by atoms with Crippen molar-refractivity contribution in [1.29, 1.82) is 0 Å². The molecule has 0 radical (unpaired) electrons. The Hall–Kier alpha value is -0.820. The standard InChI is InChI=1S/C15H26O/c1-6-15(5,16)12-8-11-14(4)10-7-9-13(2)3/h6,9,11,16H,1,7-8,10,12H2,2-5H3/b14-11+/i8D2,12D2. The van der Waals surface area contributed by atoms with Gasteiger partial charge in [0.1, 0.15) is 0 Å². The molecule has 16 heavy (non-hydrogen) atoms. The third-order valence-electron chi connectivity index (χ3n) is 2.13. The Morgan fingerprint density at radius 1 is 1.38 bits per heavy atom. The van der Waals surface area contributed by atoms with E-state index in [1.165, 1.54) is 18.6 Å². The van der Waals surface area contributed by atoms with Crippen molar-refractivity contribution in [1.82, 2.24) is 0 Å². The van der Waals surface area contributed by atoms with Crippen molar-refractivity contribution in [3.63, 3.8) is 0 Å². The van der Waals surface area contributed by atoms with Gasteiger partial charge in [0, 0.05) is 5.48 Å². The Morgan fingerprint density at radius 3 is 2.50 bits per heavy atom. The van der Waals surface area contributed by atoms with Gasteiger partial charge in [0.05, 0.1) is 5.60 Å². The molecule has 0 aromatic carbocycles. The van der Waals surface area contributed by atoms with Crippen LogP contribution >= 0.6 is 0 Å². The second-order valence-electron chi connectivity index (χ2n) is 4.43. The number of rotatable bonds is 7. The topological polar surface area (TPSA) is 20.2 Å². The number of allylic oxidation sites excluding steroid dienone is 4. The van der Waals surface area contributed by atoms with Crippen LogP contribution in [0.5, 0.6) is 0 Å². The van der Waals surface area contributed by atoms with Gasteiger partial charge >= 0.3 is 0 Å². The molecule has 0 heterocycles. The molecule has 1 atom stereocenters. The fourth-order valence-electron chi connectivity index (χ4n) is 1.02. The van der Waals surface area contributed by atoms with Crippen molar-refractivity contribution in [2.24, 2.45) is 0 Å². The van der Waals surface area contributed by atoms with Gasteiger partial charge in [0.2, 0.25) is 0 Å². The van der Waals surface area contributed by atoms with Crippen LogP contribution in [-0.4, -0.2) is 10.7 Å². The minimum absolute atomic E-state index is 0.664. The van der Waals surface area contributed by atoms with Gasteiger partial charge in [-0.3, -0.25) is 0 Å². The minimum Gasteiger partial charge on any atom is -0.386 e. The van der Waals surface area contributed by atoms with Gasteiger partial charge in [0.25, 0.3) is 0 Å². The molecule has 0 rings (SSSR count). The van der Waals surface area contributed by atoms with Crippen molar-refractivity contribution in [2.45, 2.75) is 58.9 Å². The van der Waals surface area contributed by atoms with E-state index in [9.17, 15) is 5.11 Å². The molecule has 1 heteroatoms. The summed E-state index contributed by atoms with van der Waals surface area (Å²) < 4.78 is 31.6. The molecule has 0 aliphatic rings. The predicted molar refractivity (Wildman–Crippen MR) is 72.5 cm³/mol. The maximum absolute atomic E-state index is 9.98. The van der Waals surface area contributed by atoms with Crippen LogP contribution in [0.25, 0.3) is 0 Å². The molecule has 0 spiro atoms. The van der Waals surface area contributed by atoms with Crippen LogP contribution < -0.4 is 0 Å². The molecule has 0 saturated heterocycles. The van der Waals surface area contributed by atoms with Crippen LogP contribution in [0, 0.1) is 0 Å². The maximum atomic E-state index is 9.98. The van der Waals surface area contributed by atoms with E-state index in [1.807, 2.05) is 13.8 Å². The van der Waals surface area contributed by atoms with Gasteiger partial charge in [-0.15, -0.1) is 6.58 Å². The predicted octanol–water partition coefficient (Wildman–Crippen LogP) is 4.40. The summed E-state index contributed by atoms with van der Waals surface area (Å²) in [5.41, 5.74) is 0.0228. The van der Waals surface area contributed by atoms with Gasteiger partial charge < -0.3 is 5.11 Å². The number of aliphatic hydroxyl groups is 1. The van der Waals surface area contributed by atoms with Crippen molar-refractivity contribution in [2.75, 3.05) is 0 Å². The smallest absolute Gasteiger partial charge is 0.0800 e. The third kappa shape index (κ3) is 8.49. The van der Waals surface area contributed by atoms with E-state index < -0.39 is 18.3 Å². The van der Waals surface area contributed by atoms with Gasteiger partial charge in [-0.1, -0.05) is 29.4 Å². The molecule has 0 aliphatic carbocycles. The summed E-state index contributed by atoms with van der Waals surface area (Å²) in [5, 5.41) is 9.98. The summed E-state index contributed by atoms with van der Waals surface area (Å²) in [6.45, 7) is 10.4. The Balaban J connectivity index is 5.13. The minimum atomic E-state index is -2.46. The first-order valence-electron chi connectivity index (χ1n) is 7.55. The highest BCUT2D eigenvalue weighted by atomic mass is 16.3. The second-order valence-corrected chi connectivity index (χ2v) is 4.43. The quantitative estimate of drug-likeness (QED) is 0.638. The monoisotopic (exact) mass is 226 g/mol. The van der Waals surface area contributed by atoms with Crippen molar-refractivity contribution >= 4 is 0 Å². The van der Waals surface area contributed by atoms with Crippen LogP contribution in [0.2, 0.25) is 0 Å². The normalized spacial score (nSPS) is 20.9. The molecule has 0 aromatic heterocycles. The highest BCUT2D eigenvalue weighted by molar-refractivity contribution is 5.03. The first-order chi connectivity index (χ1) is 8.87. The van der Waals surface area contributed by atoms with Crippen LogP contribution in [0.4, 0.5) is 0 Å². The van der Waals surface area contributed by atoms with Crippen LogP contribution in [-0.2, 0) is 0 Å². The Kier molecular flexibility index (Phi) is 4.30. The average Bonchev–Trinajstić information content (AvgIpc) is 2.27. The summed E-state index contributed by atoms with van der Waals surface area (Å²) in [6, 6.07) is 0. The summed E-state index contributed by atoms with van der Waals surface area (Å²) in [6.07, 6.45) is 1.08. The SMILES string of the molecule is [2H]C([2H])(/C=C(\C)CCC=C(C)C)C([2H])([2H])C(C)(O)C=C. The summed E-state index contributed by atoms with van der Waals surface area (Å²) >= 11 is 0. The molecule has 92 valence electrons. The van der Waals surface area contributed by atoms with E-state index >= 15 is 0 Å². The van der Waals surface area contributed by atoms with Gasteiger partial charge in [0.15, 0.2) is 0 Å². The van der Waals surface area contributed by atoms with E-state index in [0.717, 1.165) is 18.1 Å². The van der Waals surface area contributed by atoms with E-state index in [-0.39, 0.29) is 0 Å². The summed E-state index contributed by atoms with van der Waals surface area (Å²) in [4.78, 5) is 0. The van der Waals surface area contributed by atoms with Crippen LogP contribution in [0.15, 0.2) is 36.0 Å². The molecule has 0 amide bonds. The highest BCUT2D eigenvalue weighted by Crippen LogP contribution is 2.15. The lowest BCUT2D eigenvalue weighted by Crippen LogP contribution is -2.19. The zero-order chi connectivity index (χ0) is 16.2. The first-order valence-corrected chi connectivity index (χ1v) is 5.55. The van der Waals surface area contributed by atoms with E-state index in [1.54, 1.807) is 6.92 Å². The maximum Gasteiger partial charge on any atom is 0.0800 e. The van der Waals surface area contributed by atoms with Gasteiger partial charge in [-0.2, -0.15) is 0 Å². The fraction of sp³-hybridized carbons (Fsp3) is 0.600. The summed E-state index contributed by atoms with van der Waals surface area (Å²) in [7, 11) is 0. The Morgan fingerprint density at radius 2 is 2.00 bits per heavy atom. The van der Waals surface area contributed by atoms with Gasteiger partial charge in [-0.25, -0.2) is 0 Å². The molecule has 1 nitrogen and oxygen atoms in total. The van der Waals surface area contributed by atoms with E-state index in [2.05, 4.69) is 12.7 Å². The number of hydrogen-bond donors (Lipinski definition) is 1. The largest absolute Gasteiger partial charge is 0.386 e. The van der Waals surface area contributed by atoms with E-state index in [0.29, 0.717) is 6.42 Å². The van der Waals surface area contributed by atoms with Crippen LogP contribution in [0.1, 0.15) is 58.8 Å². The number of hydrogen-bond acceptors (Lipinski definition) is 1. The van der Waals surface area contributed by atoms with Crippen molar-refractivity contribution in [3.8, 4) is 0 Å². The van der Waals surface area contributed by atoms with E-state index in [4.69, 9.17) is 5.48 Å². The molecule has 0 bridgehead atoms. The highest BCUT2D eigenvalue weighted by Gasteiger charge is 2.12. The van der Waals surface area contributed by atoms with Crippen molar-refractivity contribution in [3.05, 3.63) is 36.0 Å². The molecule has 0 saturated carbocycles. The first kappa shape index (κ1) is 9.23. The second kappa shape index (κ2) is 7.45. The molecule has 1 unspecified atom stereocenters. The van der Waals surface area contributed by atoms with Crippen LogP contribution in [0.3, 0.4) is 0 Å². The molecule has 1 N–H and O–H groups in total. The lowest BCUT2D eigenvalue weighted by Gasteiger charge is -2.16. The molecular weight excluding hydrogens is 196 g/mol. The lowest BCUT2D eigenvalue weighted by atomic mass is 9.99. The average molecular weight is 226 g/mol. The lowest BCUT2D eigenvalue weighted by molar-refractivity contribution is 0.103. The summed E-state index contributed by atoms with van der Waals surface area (Å²) in [5.74, 6) is 0. The Labute approximate surface area is 106 Å². The fourth-order valence-corrected chi connectivity index (χ4v) is 1.02. The third-order valence-corrected chi connectivity index (χ3v) is 2.13. The molecule has 0 aromatic rings. The van der Waals surface area contributed by atoms with Crippen molar-refractivity contribution < 1.29 is 10.6 Å². The zero-order valence-electron chi connectivity index (χ0n) is 14.8. The zero-order valence-corrected chi connectivity index (χ0v) is 10.8. The Bertz CT molecular complexity index is 402. The molecule has 0 aliphatic heterocycles. The van der Waals surface area contributed by atoms with Gasteiger partial charge in [-0.05, 0) is 53.3 Å². The molecule has 0 fully saturated rings.